The second kappa shape index (κ2) is 10.2. The lowest BCUT2D eigenvalue weighted by Gasteiger charge is -2.54. The minimum Gasteiger partial charge on any atom is -0.490 e. The van der Waals surface area contributed by atoms with Crippen molar-refractivity contribution in [3.05, 3.63) is 59.7 Å². The van der Waals surface area contributed by atoms with Gasteiger partial charge in [-0.15, -0.1) is 0 Å². The van der Waals surface area contributed by atoms with Crippen LogP contribution in [0.25, 0.3) is 0 Å². The molecule has 6 nitrogen and oxygen atoms in total. The van der Waals surface area contributed by atoms with Crippen LogP contribution in [0, 0.1) is 11.8 Å². The third-order valence-electron chi connectivity index (χ3n) is 8.05. The Labute approximate surface area is 221 Å². The number of hydrogen-bond donors (Lipinski definition) is 0. The maximum atomic E-state index is 12.8. The predicted octanol–water partition coefficient (Wildman–Crippen LogP) is 6.57. The molecule has 0 spiro atoms. The van der Waals surface area contributed by atoms with Crippen LogP contribution in [0.1, 0.15) is 71.1 Å². The number of carbonyl (C=O) groups is 1. The lowest BCUT2D eigenvalue weighted by Crippen LogP contribution is -2.57. The van der Waals surface area contributed by atoms with E-state index < -0.39 is 11.2 Å². The molecule has 6 heteroatoms. The van der Waals surface area contributed by atoms with E-state index in [0.29, 0.717) is 19.7 Å². The molecule has 0 aromatic heterocycles. The highest BCUT2D eigenvalue weighted by Gasteiger charge is 2.54. The third kappa shape index (κ3) is 5.45. The van der Waals surface area contributed by atoms with Crippen molar-refractivity contribution in [1.29, 1.82) is 0 Å². The summed E-state index contributed by atoms with van der Waals surface area (Å²) in [6, 6.07) is 16.7. The Morgan fingerprint density at radius 2 is 1.92 bits per heavy atom. The van der Waals surface area contributed by atoms with Gasteiger partial charge < -0.3 is 23.8 Å². The average molecular weight is 508 g/mol. The van der Waals surface area contributed by atoms with Crippen LogP contribution in [0.4, 0.5) is 4.79 Å². The summed E-state index contributed by atoms with van der Waals surface area (Å²) in [5, 5.41) is 0. The molecule has 0 unspecified atom stereocenters. The van der Waals surface area contributed by atoms with Crippen molar-refractivity contribution in [3.63, 3.8) is 0 Å². The Kier molecular flexibility index (Phi) is 7.14. The molecule has 3 heterocycles. The highest BCUT2D eigenvalue weighted by atomic mass is 16.6. The van der Waals surface area contributed by atoms with Crippen LogP contribution in [0.2, 0.25) is 0 Å². The monoisotopic (exact) mass is 507 g/mol. The van der Waals surface area contributed by atoms with Crippen LogP contribution in [0.3, 0.4) is 0 Å². The first-order valence-electron chi connectivity index (χ1n) is 13.8. The van der Waals surface area contributed by atoms with Crippen molar-refractivity contribution in [2.24, 2.45) is 11.8 Å². The van der Waals surface area contributed by atoms with Crippen molar-refractivity contribution in [2.75, 3.05) is 19.7 Å². The average Bonchev–Trinajstić information content (AvgIpc) is 2.87. The smallest absolute Gasteiger partial charge is 0.410 e. The highest BCUT2D eigenvalue weighted by Crippen LogP contribution is 2.56. The van der Waals surface area contributed by atoms with Gasteiger partial charge in [0, 0.05) is 30.5 Å². The van der Waals surface area contributed by atoms with E-state index in [1.165, 1.54) is 5.56 Å². The fourth-order valence-corrected chi connectivity index (χ4v) is 6.22. The molecule has 37 heavy (non-hydrogen) atoms. The van der Waals surface area contributed by atoms with Crippen molar-refractivity contribution >= 4 is 6.09 Å². The minimum atomic E-state index is -0.503. The van der Waals surface area contributed by atoms with E-state index in [1.807, 2.05) is 44.7 Å². The Balaban J connectivity index is 1.42. The largest absolute Gasteiger partial charge is 0.490 e. The van der Waals surface area contributed by atoms with Crippen LogP contribution in [-0.2, 0) is 15.9 Å². The van der Waals surface area contributed by atoms with Crippen LogP contribution in [0.5, 0.6) is 11.5 Å². The molecule has 2 aromatic carbocycles. The number of aryl methyl sites for hydroxylation is 1. The first-order valence-corrected chi connectivity index (χ1v) is 13.8. The second-order valence-electron chi connectivity index (χ2n) is 11.9. The van der Waals surface area contributed by atoms with E-state index in [-0.39, 0.29) is 30.1 Å². The predicted molar refractivity (Wildman–Crippen MR) is 143 cm³/mol. The standard InChI is InChI=1S/C31H41NO5/c1-6-34-26-14-10-13-23-27-24(31(5,36-28(23)26)17-15-21-11-8-7-9-12-21)19-22-20-32(18-16-25(22)35-27)29(33)37-30(2,3)4/h7-14,22,24-25,27H,6,15-20H2,1-5H3/t22-,24-,25-,27+,31-/m1/s1. The first kappa shape index (κ1) is 25.9. The number of nitrogens with zero attached hydrogens (tertiary/aromatic N) is 1. The lowest BCUT2D eigenvalue weighted by molar-refractivity contribution is -0.191. The number of amides is 1. The van der Waals surface area contributed by atoms with E-state index in [2.05, 4.69) is 43.3 Å². The number of carbonyl (C=O) groups excluding carboxylic acids is 1. The van der Waals surface area contributed by atoms with Crippen molar-refractivity contribution in [1.82, 2.24) is 4.90 Å². The highest BCUT2D eigenvalue weighted by molar-refractivity contribution is 5.68. The summed E-state index contributed by atoms with van der Waals surface area (Å²) in [5.74, 6) is 2.03. The first-order chi connectivity index (χ1) is 17.7. The normalized spacial score (nSPS) is 28.8. The maximum Gasteiger partial charge on any atom is 0.410 e. The molecular formula is C31H41NO5. The van der Waals surface area contributed by atoms with E-state index >= 15 is 0 Å². The Morgan fingerprint density at radius 3 is 2.65 bits per heavy atom. The fourth-order valence-electron chi connectivity index (χ4n) is 6.22. The molecule has 5 rings (SSSR count). The molecule has 2 saturated heterocycles. The second-order valence-corrected chi connectivity index (χ2v) is 11.9. The molecule has 1 amide bonds. The number of para-hydroxylation sites is 1. The number of likely N-dealkylation sites (tertiary alicyclic amines) is 1. The molecular weight excluding hydrogens is 466 g/mol. The van der Waals surface area contributed by atoms with E-state index in [0.717, 1.165) is 42.7 Å². The lowest BCUT2D eigenvalue weighted by atomic mass is 9.68. The number of benzene rings is 2. The SMILES string of the molecule is CCOc1cccc2c1O[C@](C)(CCc1ccccc1)[C@@H]1C[C@@H]3CN(C(=O)OC(C)(C)C)CC[C@H]3O[C@@H]21. The van der Waals surface area contributed by atoms with E-state index in [9.17, 15) is 4.79 Å². The van der Waals surface area contributed by atoms with Gasteiger partial charge >= 0.3 is 6.09 Å². The van der Waals surface area contributed by atoms with Gasteiger partial charge in [-0.2, -0.15) is 0 Å². The van der Waals surface area contributed by atoms with Crippen LogP contribution in [-0.4, -0.2) is 48.0 Å². The Bertz CT molecular complexity index is 1100. The number of piperidine rings is 1. The summed E-state index contributed by atoms with van der Waals surface area (Å²) >= 11 is 0. The van der Waals surface area contributed by atoms with Crippen molar-refractivity contribution < 1.29 is 23.7 Å². The quantitative estimate of drug-likeness (QED) is 0.458. The summed E-state index contributed by atoms with van der Waals surface area (Å²) in [5.41, 5.74) is 1.45. The Morgan fingerprint density at radius 1 is 1.14 bits per heavy atom. The van der Waals surface area contributed by atoms with Crippen LogP contribution < -0.4 is 9.47 Å². The summed E-state index contributed by atoms with van der Waals surface area (Å²) in [4.78, 5) is 14.7. The zero-order valence-corrected chi connectivity index (χ0v) is 22.9. The Hall–Kier alpha value is -2.73. The third-order valence-corrected chi connectivity index (χ3v) is 8.05. The summed E-state index contributed by atoms with van der Waals surface area (Å²) in [6.45, 7) is 11.9. The van der Waals surface area contributed by atoms with Gasteiger partial charge in [-0.05, 0) is 71.9 Å². The minimum absolute atomic E-state index is 0.0562. The number of hydrogen-bond acceptors (Lipinski definition) is 5. The van der Waals surface area contributed by atoms with Gasteiger partial charge in [0.15, 0.2) is 11.5 Å². The van der Waals surface area contributed by atoms with E-state index in [1.54, 1.807) is 0 Å². The zero-order chi connectivity index (χ0) is 26.2. The maximum absolute atomic E-state index is 12.8. The summed E-state index contributed by atoms with van der Waals surface area (Å²) in [6.07, 6.45) is 3.37. The van der Waals surface area contributed by atoms with Gasteiger partial charge in [-0.1, -0.05) is 42.5 Å². The summed E-state index contributed by atoms with van der Waals surface area (Å²) in [7, 11) is 0. The fraction of sp³-hybridized carbons (Fsp3) is 0.581. The van der Waals surface area contributed by atoms with Gasteiger partial charge in [-0.3, -0.25) is 0 Å². The molecule has 2 aromatic rings. The van der Waals surface area contributed by atoms with Gasteiger partial charge in [0.1, 0.15) is 11.2 Å². The topological polar surface area (TPSA) is 57.2 Å². The molecule has 3 aliphatic heterocycles. The molecule has 0 N–H and O–H groups in total. The van der Waals surface area contributed by atoms with Crippen molar-refractivity contribution in [3.8, 4) is 11.5 Å². The molecule has 200 valence electrons. The van der Waals surface area contributed by atoms with Gasteiger partial charge in [0.2, 0.25) is 0 Å². The van der Waals surface area contributed by atoms with Gasteiger partial charge in [0.05, 0.1) is 18.8 Å². The molecule has 0 radical (unpaired) electrons. The molecule has 0 saturated carbocycles. The van der Waals surface area contributed by atoms with Crippen LogP contribution >= 0.6 is 0 Å². The van der Waals surface area contributed by atoms with Crippen LogP contribution in [0.15, 0.2) is 48.5 Å². The van der Waals surface area contributed by atoms with E-state index in [4.69, 9.17) is 18.9 Å². The molecule has 5 atom stereocenters. The number of rotatable bonds is 5. The molecule has 2 fully saturated rings. The number of ether oxygens (including phenoxy) is 4. The molecule has 0 bridgehead atoms. The van der Waals surface area contributed by atoms with Gasteiger partial charge in [0.25, 0.3) is 0 Å². The van der Waals surface area contributed by atoms with Gasteiger partial charge in [-0.25, -0.2) is 4.79 Å². The molecule has 0 aliphatic carbocycles. The molecule has 3 aliphatic rings. The number of fused-ring (bicyclic) bond motifs is 4. The zero-order valence-electron chi connectivity index (χ0n) is 22.9. The van der Waals surface area contributed by atoms with Crippen molar-refractivity contribution in [2.45, 2.75) is 83.7 Å². The summed E-state index contributed by atoms with van der Waals surface area (Å²) < 4.78 is 25.5.